The Morgan fingerprint density at radius 1 is 1.33 bits per heavy atom. The molecule has 0 unspecified atom stereocenters. The van der Waals surface area contributed by atoms with Gasteiger partial charge in [0.05, 0.1) is 6.54 Å². The van der Waals surface area contributed by atoms with Crippen molar-refractivity contribution in [3.8, 4) is 0 Å². The van der Waals surface area contributed by atoms with Crippen LogP contribution in [-0.2, 0) is 11.3 Å². The summed E-state index contributed by atoms with van der Waals surface area (Å²) in [6.07, 6.45) is 0. The van der Waals surface area contributed by atoms with Crippen LogP contribution in [-0.4, -0.2) is 65.0 Å². The molecule has 1 aliphatic heterocycles. The number of aryl methyl sites for hydroxylation is 1. The number of guanidine groups is 1. The van der Waals surface area contributed by atoms with E-state index in [0.717, 1.165) is 32.1 Å². The van der Waals surface area contributed by atoms with Crippen molar-refractivity contribution < 1.29 is 9.32 Å². The molecule has 0 aromatic carbocycles. The van der Waals surface area contributed by atoms with Crippen molar-refractivity contribution in [2.24, 2.45) is 4.99 Å². The molecule has 2 rings (SSSR count). The minimum absolute atomic E-state index is 0. The first-order valence-electron chi connectivity index (χ1n) is 6.60. The summed E-state index contributed by atoms with van der Waals surface area (Å²) in [5.41, 5.74) is 0. The average molecular weight is 408 g/mol. The number of nitrogens with zero attached hydrogens (tertiary/aromatic N) is 5. The molecule has 1 N–H and O–H groups in total. The van der Waals surface area contributed by atoms with E-state index in [9.17, 15) is 4.79 Å². The zero-order valence-corrected chi connectivity index (χ0v) is 14.8. The molecule has 0 aliphatic carbocycles. The molecule has 2 heterocycles. The van der Waals surface area contributed by atoms with Gasteiger partial charge in [0.1, 0.15) is 0 Å². The van der Waals surface area contributed by atoms with E-state index in [4.69, 9.17) is 4.52 Å². The molecule has 1 saturated heterocycles. The highest BCUT2D eigenvalue weighted by Crippen LogP contribution is 2.03. The number of aromatic nitrogens is 2. The molecule has 1 fully saturated rings. The molecule has 0 radical (unpaired) electrons. The quantitative estimate of drug-likeness (QED) is 0.429. The van der Waals surface area contributed by atoms with Gasteiger partial charge in [-0.1, -0.05) is 5.16 Å². The molecule has 0 bridgehead atoms. The van der Waals surface area contributed by atoms with Crippen LogP contribution in [0.15, 0.2) is 9.52 Å². The normalized spacial score (nSPS) is 15.7. The fourth-order valence-electron chi connectivity index (χ4n) is 2.13. The Morgan fingerprint density at radius 3 is 2.43 bits per heavy atom. The van der Waals surface area contributed by atoms with E-state index >= 15 is 0 Å². The number of hydrogen-bond donors (Lipinski definition) is 1. The van der Waals surface area contributed by atoms with Gasteiger partial charge < -0.3 is 19.6 Å². The van der Waals surface area contributed by atoms with Crippen molar-refractivity contribution in [1.82, 2.24) is 25.3 Å². The van der Waals surface area contributed by atoms with Crippen LogP contribution < -0.4 is 5.32 Å². The highest BCUT2D eigenvalue weighted by Gasteiger charge is 2.21. The van der Waals surface area contributed by atoms with Gasteiger partial charge in [0, 0.05) is 40.2 Å². The van der Waals surface area contributed by atoms with Crippen molar-refractivity contribution >= 4 is 35.8 Å². The first-order chi connectivity index (χ1) is 9.60. The van der Waals surface area contributed by atoms with E-state index in [-0.39, 0.29) is 29.9 Å². The van der Waals surface area contributed by atoms with Crippen LogP contribution in [0.3, 0.4) is 0 Å². The van der Waals surface area contributed by atoms with Crippen molar-refractivity contribution in [1.29, 1.82) is 0 Å². The predicted octanol–water partition coefficient (Wildman–Crippen LogP) is 0.236. The Hall–Kier alpha value is -1.39. The lowest BCUT2D eigenvalue weighted by Gasteiger charge is -2.35. The summed E-state index contributed by atoms with van der Waals surface area (Å²) >= 11 is 0. The number of halogens is 1. The fourth-order valence-corrected chi connectivity index (χ4v) is 2.13. The van der Waals surface area contributed by atoms with Crippen LogP contribution in [0.25, 0.3) is 0 Å². The van der Waals surface area contributed by atoms with E-state index in [0.29, 0.717) is 18.3 Å². The number of hydrogen-bond acceptors (Lipinski definition) is 5. The molecule has 9 heteroatoms. The van der Waals surface area contributed by atoms with Gasteiger partial charge in [-0.25, -0.2) is 0 Å². The van der Waals surface area contributed by atoms with Crippen molar-refractivity contribution in [3.05, 3.63) is 11.7 Å². The maximum atomic E-state index is 11.3. The third-order valence-electron chi connectivity index (χ3n) is 3.20. The van der Waals surface area contributed by atoms with Gasteiger partial charge in [-0.2, -0.15) is 4.98 Å². The molecular weight excluding hydrogens is 387 g/mol. The minimum atomic E-state index is 0. The lowest BCUT2D eigenvalue weighted by Crippen LogP contribution is -2.53. The summed E-state index contributed by atoms with van der Waals surface area (Å²) in [4.78, 5) is 23.6. The molecule has 1 aromatic rings. The second kappa shape index (κ2) is 8.15. The van der Waals surface area contributed by atoms with Crippen LogP contribution in [0.5, 0.6) is 0 Å². The van der Waals surface area contributed by atoms with Gasteiger partial charge in [0.15, 0.2) is 11.8 Å². The topological polar surface area (TPSA) is 86.9 Å². The number of carbonyl (C=O) groups excluding carboxylic acids is 1. The maximum absolute atomic E-state index is 11.3. The predicted molar refractivity (Wildman–Crippen MR) is 88.5 cm³/mol. The summed E-state index contributed by atoms with van der Waals surface area (Å²) in [7, 11) is 1.73. The molecule has 0 atom stereocenters. The van der Waals surface area contributed by atoms with Crippen LogP contribution in [0.4, 0.5) is 0 Å². The molecule has 1 amide bonds. The standard InChI is InChI=1S/C12H20N6O2.HI/c1-9-15-11(20-16-9)8-14-12(13-3)18-6-4-17(5-7-18)10(2)19;/h4-8H2,1-3H3,(H,13,14);1H. The Balaban J connectivity index is 0.00000220. The van der Waals surface area contributed by atoms with Crippen LogP contribution in [0.2, 0.25) is 0 Å². The Morgan fingerprint density at radius 2 is 1.95 bits per heavy atom. The smallest absolute Gasteiger partial charge is 0.246 e. The van der Waals surface area contributed by atoms with E-state index in [1.165, 1.54) is 0 Å². The van der Waals surface area contributed by atoms with Gasteiger partial charge in [0.25, 0.3) is 0 Å². The number of rotatable bonds is 2. The Labute approximate surface area is 141 Å². The number of nitrogens with one attached hydrogen (secondary N) is 1. The van der Waals surface area contributed by atoms with E-state index in [1.54, 1.807) is 20.9 Å². The van der Waals surface area contributed by atoms with Gasteiger partial charge in [-0.15, -0.1) is 24.0 Å². The monoisotopic (exact) mass is 408 g/mol. The van der Waals surface area contributed by atoms with Gasteiger partial charge in [-0.05, 0) is 6.92 Å². The highest BCUT2D eigenvalue weighted by atomic mass is 127. The Kier molecular flexibility index (Phi) is 6.85. The summed E-state index contributed by atoms with van der Waals surface area (Å²) in [6, 6.07) is 0. The van der Waals surface area contributed by atoms with Crippen molar-refractivity contribution in [2.75, 3.05) is 33.2 Å². The fraction of sp³-hybridized carbons (Fsp3) is 0.667. The molecule has 1 aromatic heterocycles. The summed E-state index contributed by atoms with van der Waals surface area (Å²) in [6.45, 7) is 6.79. The number of aliphatic imine (C=N–C) groups is 1. The number of amides is 1. The zero-order valence-electron chi connectivity index (χ0n) is 12.5. The first kappa shape index (κ1) is 17.7. The first-order valence-corrected chi connectivity index (χ1v) is 6.60. The Bertz CT molecular complexity index is 496. The van der Waals surface area contributed by atoms with Crippen molar-refractivity contribution in [3.63, 3.8) is 0 Å². The molecule has 118 valence electrons. The summed E-state index contributed by atoms with van der Waals surface area (Å²) in [5, 5.41) is 6.93. The number of piperazine rings is 1. The lowest BCUT2D eigenvalue weighted by atomic mass is 10.3. The van der Waals surface area contributed by atoms with Gasteiger partial charge >= 0.3 is 0 Å². The lowest BCUT2D eigenvalue weighted by molar-refractivity contribution is -0.130. The molecule has 8 nitrogen and oxygen atoms in total. The molecule has 1 aliphatic rings. The van der Waals surface area contributed by atoms with Gasteiger partial charge in [0.2, 0.25) is 11.8 Å². The molecule has 0 spiro atoms. The summed E-state index contributed by atoms with van der Waals surface area (Å²) < 4.78 is 5.05. The highest BCUT2D eigenvalue weighted by molar-refractivity contribution is 14.0. The number of carbonyl (C=O) groups is 1. The van der Waals surface area contributed by atoms with E-state index < -0.39 is 0 Å². The molecule has 0 saturated carbocycles. The average Bonchev–Trinajstić information content (AvgIpc) is 2.86. The second-order valence-corrected chi connectivity index (χ2v) is 4.63. The van der Waals surface area contributed by atoms with E-state index in [1.807, 2.05) is 4.90 Å². The summed E-state index contributed by atoms with van der Waals surface area (Å²) in [5.74, 6) is 2.05. The third kappa shape index (κ3) is 4.83. The largest absolute Gasteiger partial charge is 0.347 e. The molecular formula is C12H21IN6O2. The van der Waals surface area contributed by atoms with Crippen LogP contribution in [0.1, 0.15) is 18.6 Å². The van der Waals surface area contributed by atoms with E-state index in [2.05, 4.69) is 25.3 Å². The third-order valence-corrected chi connectivity index (χ3v) is 3.20. The van der Waals surface area contributed by atoms with Gasteiger partial charge in [-0.3, -0.25) is 9.79 Å². The minimum Gasteiger partial charge on any atom is -0.347 e. The SMILES string of the molecule is CN=C(NCc1nc(C)no1)N1CCN(C(C)=O)CC1.I. The zero-order chi connectivity index (χ0) is 14.5. The second-order valence-electron chi connectivity index (χ2n) is 4.63. The maximum Gasteiger partial charge on any atom is 0.246 e. The van der Waals surface area contributed by atoms with Crippen molar-refractivity contribution in [2.45, 2.75) is 20.4 Å². The van der Waals surface area contributed by atoms with Crippen LogP contribution in [0, 0.1) is 6.92 Å². The van der Waals surface area contributed by atoms with Crippen LogP contribution >= 0.6 is 24.0 Å². The molecule has 21 heavy (non-hydrogen) atoms.